The number of hydrogen-bond donors (Lipinski definition) is 1. The van der Waals surface area contributed by atoms with E-state index in [4.69, 9.17) is 4.74 Å². The van der Waals surface area contributed by atoms with E-state index in [0.29, 0.717) is 13.0 Å². The molecule has 3 heteroatoms. The Morgan fingerprint density at radius 3 is 2.36 bits per heavy atom. The zero-order valence-corrected chi connectivity index (χ0v) is 10.1. The third kappa shape index (κ3) is 14.0. The van der Waals surface area contributed by atoms with Crippen LogP contribution < -0.4 is 5.32 Å². The second-order valence-electron chi connectivity index (χ2n) is 2.66. The van der Waals surface area contributed by atoms with Gasteiger partial charge in [-0.1, -0.05) is 20.8 Å². The maximum atomic E-state index is 10.8. The predicted octanol–water partition coefficient (Wildman–Crippen LogP) is 2.36. The lowest BCUT2D eigenvalue weighted by molar-refractivity contribution is -0.143. The van der Waals surface area contributed by atoms with Gasteiger partial charge in [0.2, 0.25) is 0 Å². The Bertz CT molecular complexity index is 116. The number of ether oxygens (including phenoxy) is 1. The van der Waals surface area contributed by atoms with E-state index in [1.54, 1.807) is 0 Å². The fourth-order valence-electron chi connectivity index (χ4n) is 0.893. The van der Waals surface area contributed by atoms with Crippen molar-refractivity contribution in [1.82, 2.24) is 5.32 Å². The molecule has 0 rings (SSSR count). The highest BCUT2D eigenvalue weighted by Crippen LogP contribution is 1.90. The molecule has 0 aliphatic rings. The summed E-state index contributed by atoms with van der Waals surface area (Å²) >= 11 is 0. The van der Waals surface area contributed by atoms with Gasteiger partial charge in [0.25, 0.3) is 0 Å². The summed E-state index contributed by atoms with van der Waals surface area (Å²) < 4.78 is 4.78. The Morgan fingerprint density at radius 1 is 1.21 bits per heavy atom. The molecule has 0 radical (unpaired) electrons. The largest absolute Gasteiger partial charge is 0.466 e. The number of hydrogen-bond acceptors (Lipinski definition) is 3. The Morgan fingerprint density at radius 2 is 1.86 bits per heavy atom. The number of esters is 1. The van der Waals surface area contributed by atoms with Gasteiger partial charge in [-0.3, -0.25) is 4.79 Å². The minimum Gasteiger partial charge on any atom is -0.466 e. The molecule has 1 N–H and O–H groups in total. The molecule has 0 heterocycles. The van der Waals surface area contributed by atoms with Crippen molar-refractivity contribution in [3.8, 4) is 0 Å². The van der Waals surface area contributed by atoms with Gasteiger partial charge in [0, 0.05) is 6.42 Å². The first kappa shape index (κ1) is 15.9. The highest BCUT2D eigenvalue weighted by Gasteiger charge is 1.99. The zero-order chi connectivity index (χ0) is 11.2. The average Bonchev–Trinajstić information content (AvgIpc) is 2.21. The van der Waals surface area contributed by atoms with Crippen molar-refractivity contribution in [2.24, 2.45) is 0 Å². The average molecular weight is 203 g/mol. The Hall–Kier alpha value is -0.570. The Kier molecular flexibility index (Phi) is 16.9. The number of carbonyl (C=O) groups excluding carboxylic acids is 1. The van der Waals surface area contributed by atoms with Gasteiger partial charge in [-0.15, -0.1) is 0 Å². The van der Waals surface area contributed by atoms with Crippen molar-refractivity contribution in [3.05, 3.63) is 0 Å². The van der Waals surface area contributed by atoms with Crippen LogP contribution in [-0.4, -0.2) is 25.7 Å². The van der Waals surface area contributed by atoms with Crippen LogP contribution in [0, 0.1) is 0 Å². The van der Waals surface area contributed by atoms with Crippen molar-refractivity contribution in [3.63, 3.8) is 0 Å². The first-order valence-corrected chi connectivity index (χ1v) is 5.67. The van der Waals surface area contributed by atoms with E-state index in [9.17, 15) is 4.79 Å². The molecule has 0 aliphatic carbocycles. The van der Waals surface area contributed by atoms with Crippen molar-refractivity contribution in [2.45, 2.75) is 47.0 Å². The smallest absolute Gasteiger partial charge is 0.305 e. The molecule has 14 heavy (non-hydrogen) atoms. The first-order valence-electron chi connectivity index (χ1n) is 5.67. The lowest BCUT2D eigenvalue weighted by Crippen LogP contribution is -2.17. The number of nitrogens with one attached hydrogen (secondary N) is 1. The molecule has 0 aromatic rings. The SMILES string of the molecule is CC.CCCNCCCC(=O)OCC. The molecule has 0 spiro atoms. The summed E-state index contributed by atoms with van der Waals surface area (Å²) in [5.74, 6) is -0.0872. The van der Waals surface area contributed by atoms with E-state index >= 15 is 0 Å². The van der Waals surface area contributed by atoms with Crippen molar-refractivity contribution in [1.29, 1.82) is 0 Å². The fraction of sp³-hybridized carbons (Fsp3) is 0.909. The molecule has 0 unspecified atom stereocenters. The summed E-state index contributed by atoms with van der Waals surface area (Å²) in [6.45, 7) is 10.4. The van der Waals surface area contributed by atoms with Crippen LogP contribution >= 0.6 is 0 Å². The first-order chi connectivity index (χ1) is 6.81. The van der Waals surface area contributed by atoms with Crippen LogP contribution in [0.1, 0.15) is 47.0 Å². The van der Waals surface area contributed by atoms with E-state index in [1.807, 2.05) is 20.8 Å². The van der Waals surface area contributed by atoms with E-state index in [0.717, 1.165) is 25.9 Å². The highest BCUT2D eigenvalue weighted by molar-refractivity contribution is 5.69. The van der Waals surface area contributed by atoms with E-state index in [-0.39, 0.29) is 5.97 Å². The lowest BCUT2D eigenvalue weighted by atomic mass is 10.3. The van der Waals surface area contributed by atoms with Gasteiger partial charge in [0.15, 0.2) is 0 Å². The number of carbonyl (C=O) groups is 1. The lowest BCUT2D eigenvalue weighted by Gasteiger charge is -2.02. The van der Waals surface area contributed by atoms with Crippen LogP contribution in [-0.2, 0) is 9.53 Å². The molecule has 3 nitrogen and oxygen atoms in total. The second kappa shape index (κ2) is 14.9. The van der Waals surface area contributed by atoms with E-state index in [2.05, 4.69) is 12.2 Å². The van der Waals surface area contributed by atoms with Crippen molar-refractivity contribution < 1.29 is 9.53 Å². The van der Waals surface area contributed by atoms with Crippen LogP contribution in [0.25, 0.3) is 0 Å². The van der Waals surface area contributed by atoms with Crippen LogP contribution in [0.4, 0.5) is 0 Å². The van der Waals surface area contributed by atoms with Gasteiger partial charge >= 0.3 is 5.97 Å². The molecule has 0 bridgehead atoms. The molecule has 0 amide bonds. The van der Waals surface area contributed by atoms with Gasteiger partial charge in [0.05, 0.1) is 6.61 Å². The predicted molar refractivity (Wildman–Crippen MR) is 60.4 cm³/mol. The summed E-state index contributed by atoms with van der Waals surface area (Å²) in [7, 11) is 0. The highest BCUT2D eigenvalue weighted by atomic mass is 16.5. The molecular formula is C11H25NO2. The summed E-state index contributed by atoms with van der Waals surface area (Å²) in [4.78, 5) is 10.8. The Labute approximate surface area is 88.2 Å². The molecule has 0 fully saturated rings. The van der Waals surface area contributed by atoms with Crippen molar-refractivity contribution >= 4 is 5.97 Å². The molecule has 0 saturated heterocycles. The van der Waals surface area contributed by atoms with Crippen LogP contribution in [0.15, 0.2) is 0 Å². The van der Waals surface area contributed by atoms with Crippen LogP contribution in [0.5, 0.6) is 0 Å². The molecular weight excluding hydrogens is 178 g/mol. The van der Waals surface area contributed by atoms with Gasteiger partial charge in [-0.05, 0) is 32.9 Å². The fourth-order valence-corrected chi connectivity index (χ4v) is 0.893. The summed E-state index contributed by atoms with van der Waals surface area (Å²) in [6, 6.07) is 0. The molecule has 0 aromatic heterocycles. The minimum atomic E-state index is -0.0872. The zero-order valence-electron chi connectivity index (χ0n) is 10.1. The quantitative estimate of drug-likeness (QED) is 0.510. The molecule has 0 saturated carbocycles. The van der Waals surface area contributed by atoms with Gasteiger partial charge in [0.1, 0.15) is 0 Å². The molecule has 0 atom stereocenters. The molecule has 86 valence electrons. The summed E-state index contributed by atoms with van der Waals surface area (Å²) in [5, 5.41) is 3.22. The van der Waals surface area contributed by atoms with Gasteiger partial charge in [-0.25, -0.2) is 0 Å². The number of rotatable bonds is 7. The van der Waals surface area contributed by atoms with Crippen molar-refractivity contribution in [2.75, 3.05) is 19.7 Å². The molecule has 0 aliphatic heterocycles. The van der Waals surface area contributed by atoms with E-state index < -0.39 is 0 Å². The van der Waals surface area contributed by atoms with Crippen LogP contribution in [0.2, 0.25) is 0 Å². The van der Waals surface area contributed by atoms with E-state index in [1.165, 1.54) is 0 Å². The molecule has 0 aromatic carbocycles. The standard InChI is InChI=1S/C9H19NO2.C2H6/c1-3-7-10-8-5-6-9(11)12-4-2;1-2/h10H,3-8H2,1-2H3;1-2H3. The normalized spacial score (nSPS) is 8.86. The topological polar surface area (TPSA) is 38.3 Å². The maximum absolute atomic E-state index is 10.8. The van der Waals surface area contributed by atoms with Gasteiger partial charge in [-0.2, -0.15) is 0 Å². The Balaban J connectivity index is 0. The summed E-state index contributed by atoms with van der Waals surface area (Å²) in [5.41, 5.74) is 0. The maximum Gasteiger partial charge on any atom is 0.305 e. The monoisotopic (exact) mass is 203 g/mol. The second-order valence-corrected chi connectivity index (χ2v) is 2.66. The third-order valence-corrected chi connectivity index (χ3v) is 1.47. The van der Waals surface area contributed by atoms with Gasteiger partial charge < -0.3 is 10.1 Å². The van der Waals surface area contributed by atoms with Crippen LogP contribution in [0.3, 0.4) is 0 Å². The summed E-state index contributed by atoms with van der Waals surface area (Å²) in [6.07, 6.45) is 2.54. The third-order valence-electron chi connectivity index (χ3n) is 1.47. The minimum absolute atomic E-state index is 0.0872.